The van der Waals surface area contributed by atoms with Crippen LogP contribution in [0, 0.1) is 5.92 Å². The molecule has 0 rings (SSSR count). The maximum atomic E-state index is 11.0. The second kappa shape index (κ2) is 7.20. The van der Waals surface area contributed by atoms with Gasteiger partial charge in [0.1, 0.15) is 0 Å². The number of allylic oxidation sites excluding steroid dienone is 1. The van der Waals surface area contributed by atoms with E-state index in [0.29, 0.717) is 0 Å². The van der Waals surface area contributed by atoms with Crippen LogP contribution in [0.25, 0.3) is 0 Å². The van der Waals surface area contributed by atoms with Gasteiger partial charge in [-0.2, -0.15) is 0 Å². The molecule has 0 spiro atoms. The average Bonchev–Trinajstić information content (AvgIpc) is 2.04. The zero-order valence-electron chi connectivity index (χ0n) is 8.44. The zero-order chi connectivity index (χ0) is 9.40. The summed E-state index contributed by atoms with van der Waals surface area (Å²) in [6.45, 7) is 7.82. The van der Waals surface area contributed by atoms with E-state index in [1.807, 2.05) is 0 Å². The highest BCUT2D eigenvalue weighted by atomic mass is 16.3. The number of rotatable bonds is 7. The van der Waals surface area contributed by atoms with E-state index in [4.69, 9.17) is 0 Å². The molecule has 0 fully saturated rings. The van der Waals surface area contributed by atoms with Crippen LogP contribution in [0.5, 0.6) is 0 Å². The topological polar surface area (TPSA) is 23.1 Å². The Kier molecular flexibility index (Phi) is 6.93. The lowest BCUT2D eigenvalue weighted by atomic mass is 9.95. The first-order valence-corrected chi connectivity index (χ1v) is 5.08. The van der Waals surface area contributed by atoms with Crippen LogP contribution in [0.2, 0.25) is 0 Å². The third kappa shape index (κ3) is 5.22. The highest BCUT2D eigenvalue weighted by Crippen LogP contribution is 2.19. The molecule has 0 aromatic rings. The summed E-state index contributed by atoms with van der Waals surface area (Å²) in [5.74, 6) is 0.377. The fourth-order valence-electron chi connectivity index (χ4n) is 1.37. The van der Waals surface area contributed by atoms with Crippen molar-refractivity contribution in [3.05, 3.63) is 12.3 Å². The first-order valence-electron chi connectivity index (χ1n) is 5.08. The van der Waals surface area contributed by atoms with Gasteiger partial charge in [-0.25, -0.2) is 0 Å². The highest BCUT2D eigenvalue weighted by Gasteiger charge is 2.04. The van der Waals surface area contributed by atoms with E-state index in [2.05, 4.69) is 20.4 Å². The first kappa shape index (κ1) is 11.5. The SMILES string of the molecule is C=C([O-])C(CCCC)CCCC. The van der Waals surface area contributed by atoms with E-state index in [0.717, 1.165) is 25.7 Å². The number of unbranched alkanes of at least 4 members (excludes halogenated alkanes) is 2. The van der Waals surface area contributed by atoms with Crippen LogP contribution in [0.3, 0.4) is 0 Å². The third-order valence-electron chi connectivity index (χ3n) is 2.27. The van der Waals surface area contributed by atoms with E-state index < -0.39 is 0 Å². The Morgan fingerprint density at radius 1 is 1.17 bits per heavy atom. The monoisotopic (exact) mass is 169 g/mol. The van der Waals surface area contributed by atoms with Gasteiger partial charge in [0.15, 0.2) is 0 Å². The molecule has 12 heavy (non-hydrogen) atoms. The van der Waals surface area contributed by atoms with Crippen molar-refractivity contribution in [2.75, 3.05) is 0 Å². The van der Waals surface area contributed by atoms with Crippen LogP contribution in [0.1, 0.15) is 52.4 Å². The molecular formula is C11H21O-. The van der Waals surface area contributed by atoms with E-state index in [9.17, 15) is 5.11 Å². The van der Waals surface area contributed by atoms with Crippen molar-refractivity contribution in [1.29, 1.82) is 0 Å². The van der Waals surface area contributed by atoms with Gasteiger partial charge in [-0.15, -0.1) is 12.3 Å². The summed E-state index contributed by atoms with van der Waals surface area (Å²) in [6.07, 6.45) is 6.76. The minimum atomic E-state index is 0.136. The standard InChI is InChI=1S/C11H22O/c1-4-6-8-11(10(3)12)9-7-5-2/h11-12H,3-9H2,1-2H3/p-1. The molecule has 1 nitrogen and oxygen atoms in total. The van der Waals surface area contributed by atoms with Crippen molar-refractivity contribution in [3.63, 3.8) is 0 Å². The Morgan fingerprint density at radius 2 is 1.58 bits per heavy atom. The van der Waals surface area contributed by atoms with Gasteiger partial charge in [-0.1, -0.05) is 39.5 Å². The highest BCUT2D eigenvalue weighted by molar-refractivity contribution is 4.86. The molecule has 0 aromatic carbocycles. The molecule has 0 atom stereocenters. The molecule has 0 aliphatic heterocycles. The molecule has 0 saturated heterocycles. The molecule has 1 heteroatoms. The summed E-state index contributed by atoms with van der Waals surface area (Å²) in [5.41, 5.74) is 0. The van der Waals surface area contributed by atoms with Gasteiger partial charge >= 0.3 is 0 Å². The minimum Gasteiger partial charge on any atom is -0.876 e. The fourth-order valence-corrected chi connectivity index (χ4v) is 1.37. The average molecular weight is 169 g/mol. The predicted octanol–water partition coefficient (Wildman–Crippen LogP) is 2.86. The molecule has 0 heterocycles. The van der Waals surface area contributed by atoms with E-state index in [-0.39, 0.29) is 11.7 Å². The first-order chi connectivity index (χ1) is 5.72. The molecule has 0 radical (unpaired) electrons. The molecule has 0 unspecified atom stereocenters. The van der Waals surface area contributed by atoms with Crippen LogP contribution in [-0.2, 0) is 0 Å². The van der Waals surface area contributed by atoms with Gasteiger partial charge in [0.25, 0.3) is 0 Å². The second-order valence-electron chi connectivity index (χ2n) is 3.45. The van der Waals surface area contributed by atoms with Crippen molar-refractivity contribution in [1.82, 2.24) is 0 Å². The molecule has 0 aromatic heterocycles. The summed E-state index contributed by atoms with van der Waals surface area (Å²) in [7, 11) is 0. The summed E-state index contributed by atoms with van der Waals surface area (Å²) in [6, 6.07) is 0. The Balaban J connectivity index is 3.62. The smallest absolute Gasteiger partial charge is 0.0311 e. The summed E-state index contributed by atoms with van der Waals surface area (Å²) >= 11 is 0. The molecule has 0 aliphatic carbocycles. The van der Waals surface area contributed by atoms with Gasteiger partial charge < -0.3 is 5.11 Å². The van der Waals surface area contributed by atoms with Crippen LogP contribution >= 0.6 is 0 Å². The summed E-state index contributed by atoms with van der Waals surface area (Å²) < 4.78 is 0. The minimum absolute atomic E-state index is 0.136. The summed E-state index contributed by atoms with van der Waals surface area (Å²) in [5, 5.41) is 11.0. The van der Waals surface area contributed by atoms with Crippen LogP contribution in [0.4, 0.5) is 0 Å². The summed E-state index contributed by atoms with van der Waals surface area (Å²) in [4.78, 5) is 0. The lowest BCUT2D eigenvalue weighted by Gasteiger charge is -2.22. The molecule has 0 saturated carbocycles. The zero-order valence-corrected chi connectivity index (χ0v) is 8.44. The van der Waals surface area contributed by atoms with E-state index in [1.54, 1.807) is 0 Å². The van der Waals surface area contributed by atoms with Crippen molar-refractivity contribution >= 4 is 0 Å². The van der Waals surface area contributed by atoms with Crippen LogP contribution in [-0.4, -0.2) is 0 Å². The van der Waals surface area contributed by atoms with E-state index >= 15 is 0 Å². The molecule has 0 aliphatic rings. The number of hydrogen-bond acceptors (Lipinski definition) is 1. The third-order valence-corrected chi connectivity index (χ3v) is 2.27. The van der Waals surface area contributed by atoms with Gasteiger partial charge in [-0.05, 0) is 18.8 Å². The Bertz CT molecular complexity index is 110. The normalized spacial score (nSPS) is 10.6. The molecule has 0 N–H and O–H groups in total. The van der Waals surface area contributed by atoms with Crippen LogP contribution in [0.15, 0.2) is 12.3 Å². The second-order valence-corrected chi connectivity index (χ2v) is 3.45. The lowest BCUT2D eigenvalue weighted by Crippen LogP contribution is -2.14. The van der Waals surface area contributed by atoms with E-state index in [1.165, 1.54) is 12.8 Å². The van der Waals surface area contributed by atoms with Crippen molar-refractivity contribution in [2.24, 2.45) is 5.92 Å². The Hall–Kier alpha value is -0.460. The lowest BCUT2D eigenvalue weighted by molar-refractivity contribution is -0.315. The molecule has 0 amide bonds. The van der Waals surface area contributed by atoms with Gasteiger partial charge in [0.05, 0.1) is 0 Å². The Morgan fingerprint density at radius 3 is 1.83 bits per heavy atom. The number of hydrogen-bond donors (Lipinski definition) is 0. The Labute approximate surface area is 76.5 Å². The van der Waals surface area contributed by atoms with Crippen molar-refractivity contribution in [2.45, 2.75) is 52.4 Å². The van der Waals surface area contributed by atoms with Crippen LogP contribution < -0.4 is 5.11 Å². The molecule has 0 bridgehead atoms. The van der Waals surface area contributed by atoms with Gasteiger partial charge in [0, 0.05) is 0 Å². The fraction of sp³-hybridized carbons (Fsp3) is 0.818. The quantitative estimate of drug-likeness (QED) is 0.537. The maximum absolute atomic E-state index is 11.0. The molecule has 72 valence electrons. The van der Waals surface area contributed by atoms with Gasteiger partial charge in [0.2, 0.25) is 0 Å². The van der Waals surface area contributed by atoms with Gasteiger partial charge in [-0.3, -0.25) is 0 Å². The van der Waals surface area contributed by atoms with Crippen molar-refractivity contribution < 1.29 is 5.11 Å². The van der Waals surface area contributed by atoms with Crippen molar-refractivity contribution in [3.8, 4) is 0 Å². The predicted molar refractivity (Wildman–Crippen MR) is 51.7 cm³/mol. The largest absolute Gasteiger partial charge is 0.876 e. The molecular weight excluding hydrogens is 148 g/mol. The maximum Gasteiger partial charge on any atom is -0.0311 e.